The molecule has 0 saturated carbocycles. The second-order valence-electron chi connectivity index (χ2n) is 8.11. The van der Waals surface area contributed by atoms with Crippen molar-refractivity contribution in [3.05, 3.63) is 45.1 Å². The van der Waals surface area contributed by atoms with Gasteiger partial charge in [-0.25, -0.2) is 4.79 Å². The van der Waals surface area contributed by atoms with Crippen LogP contribution in [-0.4, -0.2) is 54.7 Å². The van der Waals surface area contributed by atoms with Crippen molar-refractivity contribution in [2.75, 3.05) is 24.3 Å². The molecule has 1 unspecified atom stereocenters. The minimum Gasteiger partial charge on any atom is -0.377 e. The molecule has 172 valence electrons. The highest BCUT2D eigenvalue weighted by Gasteiger charge is 2.45. The molecule has 2 aromatic rings. The van der Waals surface area contributed by atoms with E-state index in [4.69, 9.17) is 0 Å². The summed E-state index contributed by atoms with van der Waals surface area (Å²) in [6, 6.07) is 5.75. The first-order valence-corrected chi connectivity index (χ1v) is 11.1. The van der Waals surface area contributed by atoms with E-state index in [-0.39, 0.29) is 29.8 Å². The van der Waals surface area contributed by atoms with Crippen molar-refractivity contribution in [3.63, 3.8) is 0 Å². The molecule has 3 N–H and O–H groups in total. The molecule has 1 saturated heterocycles. The third-order valence-corrected chi connectivity index (χ3v) is 6.66. The maximum Gasteiger partial charge on any atom is 0.319 e. The standard InChI is InChI=1S/C22H23N5O5S/c1-11-4-5-12(8-16(11)26(2)3)24-22(32)23-10-13-9-14-18(33-13)21(31)27(20(14)30)15-6-7-17(28)25-19(15)29/h4-5,8-9,15H,6-7,10H2,1-3H3,(H2,23,24,32)(H,25,28,29). The molecule has 10 nitrogen and oxygen atoms in total. The number of thiophene rings is 1. The zero-order valence-corrected chi connectivity index (χ0v) is 19.2. The van der Waals surface area contributed by atoms with Gasteiger partial charge >= 0.3 is 6.03 Å². The summed E-state index contributed by atoms with van der Waals surface area (Å²) in [5.41, 5.74) is 2.92. The largest absolute Gasteiger partial charge is 0.377 e. The molecule has 1 aromatic carbocycles. The number of urea groups is 1. The number of imide groups is 2. The minimum absolute atomic E-state index is 0.0718. The number of hydrogen-bond acceptors (Lipinski definition) is 7. The molecule has 33 heavy (non-hydrogen) atoms. The van der Waals surface area contributed by atoms with Crippen LogP contribution in [0.3, 0.4) is 0 Å². The Kier molecular flexibility index (Phi) is 5.90. The van der Waals surface area contributed by atoms with E-state index in [1.165, 1.54) is 0 Å². The van der Waals surface area contributed by atoms with Crippen LogP contribution in [0.1, 0.15) is 43.3 Å². The summed E-state index contributed by atoms with van der Waals surface area (Å²) in [4.78, 5) is 65.1. The minimum atomic E-state index is -0.990. The zero-order chi connectivity index (χ0) is 23.9. The number of rotatable bonds is 5. The molecule has 0 aliphatic carbocycles. The van der Waals surface area contributed by atoms with E-state index in [9.17, 15) is 24.0 Å². The van der Waals surface area contributed by atoms with Gasteiger partial charge in [-0.05, 0) is 37.1 Å². The van der Waals surface area contributed by atoms with Crippen LogP contribution < -0.4 is 20.9 Å². The van der Waals surface area contributed by atoms with Gasteiger partial charge in [-0.1, -0.05) is 6.07 Å². The fourth-order valence-corrected chi connectivity index (χ4v) is 4.93. The SMILES string of the molecule is Cc1ccc(NC(=O)NCc2cc3c(s2)C(=O)N(C2CCC(=O)NC2=O)C3=O)cc1N(C)C. The number of carbonyl (C=O) groups excluding carboxylic acids is 5. The summed E-state index contributed by atoms with van der Waals surface area (Å²) in [7, 11) is 3.85. The van der Waals surface area contributed by atoms with Crippen molar-refractivity contribution < 1.29 is 24.0 Å². The molecular formula is C22H23N5O5S. The molecule has 1 atom stereocenters. The van der Waals surface area contributed by atoms with Crippen molar-refractivity contribution in [2.24, 2.45) is 0 Å². The summed E-state index contributed by atoms with van der Waals surface area (Å²) >= 11 is 1.10. The third kappa shape index (κ3) is 4.31. The highest BCUT2D eigenvalue weighted by Crippen LogP contribution is 2.33. The lowest BCUT2D eigenvalue weighted by Gasteiger charge is -2.27. The van der Waals surface area contributed by atoms with Gasteiger partial charge in [0, 0.05) is 36.8 Å². The normalized spacial score (nSPS) is 17.7. The van der Waals surface area contributed by atoms with Crippen LogP contribution in [0.5, 0.6) is 0 Å². The summed E-state index contributed by atoms with van der Waals surface area (Å²) in [6.45, 7) is 2.12. The first-order chi connectivity index (χ1) is 15.7. The van der Waals surface area contributed by atoms with Gasteiger partial charge in [-0.15, -0.1) is 11.3 Å². The van der Waals surface area contributed by atoms with Gasteiger partial charge < -0.3 is 15.5 Å². The van der Waals surface area contributed by atoms with E-state index in [1.54, 1.807) is 6.07 Å². The van der Waals surface area contributed by atoms with Gasteiger partial charge in [0.25, 0.3) is 11.8 Å². The van der Waals surface area contributed by atoms with Crippen molar-refractivity contribution in [1.29, 1.82) is 0 Å². The van der Waals surface area contributed by atoms with E-state index in [0.717, 1.165) is 27.5 Å². The van der Waals surface area contributed by atoms with Crippen LogP contribution in [0.25, 0.3) is 0 Å². The van der Waals surface area contributed by atoms with Gasteiger partial charge in [0.1, 0.15) is 10.9 Å². The Morgan fingerprint density at radius 3 is 2.61 bits per heavy atom. The van der Waals surface area contributed by atoms with Crippen LogP contribution in [-0.2, 0) is 16.1 Å². The number of fused-ring (bicyclic) bond motifs is 1. The Hall–Kier alpha value is -3.73. The van der Waals surface area contributed by atoms with Gasteiger partial charge in [-0.2, -0.15) is 0 Å². The van der Waals surface area contributed by atoms with Gasteiger partial charge in [0.05, 0.1) is 12.1 Å². The van der Waals surface area contributed by atoms with E-state index < -0.39 is 35.7 Å². The van der Waals surface area contributed by atoms with E-state index in [2.05, 4.69) is 16.0 Å². The van der Waals surface area contributed by atoms with Gasteiger partial charge in [-0.3, -0.25) is 29.4 Å². The molecule has 6 amide bonds. The third-order valence-electron chi connectivity index (χ3n) is 5.54. The molecule has 2 aliphatic rings. The number of nitrogens with zero attached hydrogens (tertiary/aromatic N) is 2. The second-order valence-corrected chi connectivity index (χ2v) is 9.24. The molecule has 0 bridgehead atoms. The highest BCUT2D eigenvalue weighted by atomic mass is 32.1. The smallest absolute Gasteiger partial charge is 0.319 e. The Balaban J connectivity index is 1.39. The fourth-order valence-electron chi connectivity index (χ4n) is 3.90. The zero-order valence-electron chi connectivity index (χ0n) is 18.4. The van der Waals surface area contributed by atoms with E-state index >= 15 is 0 Å². The Morgan fingerprint density at radius 1 is 1.18 bits per heavy atom. The number of piperidine rings is 1. The molecule has 1 aromatic heterocycles. The molecular weight excluding hydrogens is 446 g/mol. The second kappa shape index (κ2) is 8.66. The summed E-state index contributed by atoms with van der Waals surface area (Å²) in [6.07, 6.45) is 0.183. The van der Waals surface area contributed by atoms with Crippen LogP contribution in [0.4, 0.5) is 16.2 Å². The van der Waals surface area contributed by atoms with Crippen molar-refractivity contribution in [3.8, 4) is 0 Å². The quantitative estimate of drug-likeness (QED) is 0.574. The van der Waals surface area contributed by atoms with Crippen molar-refractivity contribution >= 4 is 52.4 Å². The number of benzene rings is 1. The van der Waals surface area contributed by atoms with Crippen LogP contribution in [0.15, 0.2) is 24.3 Å². The average molecular weight is 470 g/mol. The van der Waals surface area contributed by atoms with Crippen LogP contribution in [0, 0.1) is 6.92 Å². The first-order valence-electron chi connectivity index (χ1n) is 10.3. The number of amides is 6. The number of hydrogen-bond donors (Lipinski definition) is 3. The molecule has 0 radical (unpaired) electrons. The lowest BCUT2D eigenvalue weighted by atomic mass is 10.0. The highest BCUT2D eigenvalue weighted by molar-refractivity contribution is 7.14. The predicted molar refractivity (Wildman–Crippen MR) is 122 cm³/mol. The first kappa shape index (κ1) is 22.5. The summed E-state index contributed by atoms with van der Waals surface area (Å²) in [5, 5.41) is 7.66. The summed E-state index contributed by atoms with van der Waals surface area (Å²) in [5.74, 6) is -2.18. The lowest BCUT2D eigenvalue weighted by Crippen LogP contribution is -2.54. The van der Waals surface area contributed by atoms with Crippen LogP contribution in [0.2, 0.25) is 0 Å². The number of carbonyl (C=O) groups is 5. The molecule has 2 aliphatic heterocycles. The van der Waals surface area contributed by atoms with Gasteiger partial charge in [0.15, 0.2) is 0 Å². The van der Waals surface area contributed by atoms with Crippen molar-refractivity contribution in [1.82, 2.24) is 15.5 Å². The molecule has 11 heteroatoms. The number of anilines is 2. The monoisotopic (exact) mass is 469 g/mol. The number of aryl methyl sites for hydroxylation is 1. The maximum atomic E-state index is 12.8. The lowest BCUT2D eigenvalue weighted by molar-refractivity contribution is -0.136. The van der Waals surface area contributed by atoms with Gasteiger partial charge in [0.2, 0.25) is 11.8 Å². The molecule has 0 spiro atoms. The van der Waals surface area contributed by atoms with E-state index in [1.807, 2.05) is 44.1 Å². The van der Waals surface area contributed by atoms with Crippen LogP contribution >= 0.6 is 11.3 Å². The Bertz CT molecular complexity index is 1150. The Morgan fingerprint density at radius 2 is 1.94 bits per heavy atom. The topological polar surface area (TPSA) is 128 Å². The predicted octanol–water partition coefficient (Wildman–Crippen LogP) is 1.85. The molecule has 3 heterocycles. The average Bonchev–Trinajstić information content (AvgIpc) is 3.27. The van der Waals surface area contributed by atoms with E-state index in [0.29, 0.717) is 10.6 Å². The molecule has 1 fully saturated rings. The number of nitrogens with one attached hydrogen (secondary N) is 3. The molecule has 4 rings (SSSR count). The van der Waals surface area contributed by atoms with Crippen molar-refractivity contribution in [2.45, 2.75) is 32.4 Å². The fraction of sp³-hybridized carbons (Fsp3) is 0.318. The maximum absolute atomic E-state index is 12.8. The summed E-state index contributed by atoms with van der Waals surface area (Å²) < 4.78 is 0. The Labute approximate surface area is 193 Å².